The first kappa shape index (κ1) is 20.7. The fourth-order valence-electron chi connectivity index (χ4n) is 3.25. The number of phenols is 1. The minimum absolute atomic E-state index is 0.0226. The number of rotatable bonds is 5. The van der Waals surface area contributed by atoms with Gasteiger partial charge in [-0.15, -0.1) is 0 Å². The number of ketones is 1. The molecule has 1 fully saturated rings. The van der Waals surface area contributed by atoms with Gasteiger partial charge in [0.05, 0.1) is 5.56 Å². The van der Waals surface area contributed by atoms with Crippen molar-refractivity contribution in [2.45, 2.75) is 19.0 Å². The Morgan fingerprint density at radius 2 is 1.72 bits per heavy atom. The van der Waals surface area contributed by atoms with Crippen molar-refractivity contribution in [3.63, 3.8) is 0 Å². The van der Waals surface area contributed by atoms with Crippen LogP contribution in [0.4, 0.5) is 13.2 Å². The highest BCUT2D eigenvalue weighted by atomic mass is 19.4. The Morgan fingerprint density at radius 3 is 2.34 bits per heavy atom. The average Bonchev–Trinajstić information content (AvgIpc) is 2.72. The molecule has 0 bridgehead atoms. The molecular formula is C21H20F3NO4. The molecule has 0 aliphatic carbocycles. The molecule has 0 unspecified atom stereocenters. The van der Waals surface area contributed by atoms with Gasteiger partial charge in [0.15, 0.2) is 12.4 Å². The molecule has 5 nitrogen and oxygen atoms in total. The first-order chi connectivity index (χ1) is 13.7. The zero-order valence-electron chi connectivity index (χ0n) is 15.5. The predicted molar refractivity (Wildman–Crippen MR) is 98.7 cm³/mol. The minimum atomic E-state index is -4.48. The summed E-state index contributed by atoms with van der Waals surface area (Å²) in [5, 5.41) is 9.31. The zero-order valence-corrected chi connectivity index (χ0v) is 15.5. The van der Waals surface area contributed by atoms with Crippen LogP contribution in [0.1, 0.15) is 28.8 Å². The van der Waals surface area contributed by atoms with Crippen molar-refractivity contribution in [3.05, 3.63) is 59.7 Å². The number of benzene rings is 2. The molecule has 0 spiro atoms. The van der Waals surface area contributed by atoms with Crippen LogP contribution in [-0.4, -0.2) is 41.4 Å². The number of carbonyl (C=O) groups excluding carboxylic acids is 2. The Bertz CT molecular complexity index is 872. The smallest absolute Gasteiger partial charge is 0.416 e. The molecule has 0 radical (unpaired) electrons. The summed E-state index contributed by atoms with van der Waals surface area (Å²) in [6.45, 7) is 0.385. The SMILES string of the molecule is O=C(c1ccc(O)cc1)C1CCN(C(=O)COc2cccc(C(F)(F)F)c2)CC1. The van der Waals surface area contributed by atoms with Crippen LogP contribution >= 0.6 is 0 Å². The second-order valence-electron chi connectivity index (χ2n) is 6.88. The molecule has 2 aromatic carbocycles. The summed E-state index contributed by atoms with van der Waals surface area (Å²) in [5.41, 5.74) is -0.323. The van der Waals surface area contributed by atoms with E-state index in [0.29, 0.717) is 31.5 Å². The van der Waals surface area contributed by atoms with Gasteiger partial charge in [-0.2, -0.15) is 13.2 Å². The molecule has 1 amide bonds. The lowest BCUT2D eigenvalue weighted by Gasteiger charge is -2.31. The Morgan fingerprint density at radius 1 is 1.07 bits per heavy atom. The molecule has 2 aromatic rings. The van der Waals surface area contributed by atoms with E-state index in [2.05, 4.69) is 0 Å². The molecule has 1 saturated heterocycles. The summed E-state index contributed by atoms with van der Waals surface area (Å²) in [7, 11) is 0. The molecular weight excluding hydrogens is 387 g/mol. The largest absolute Gasteiger partial charge is 0.508 e. The van der Waals surface area contributed by atoms with Crippen LogP contribution < -0.4 is 4.74 Å². The van der Waals surface area contributed by atoms with Crippen LogP contribution in [0.15, 0.2) is 48.5 Å². The lowest BCUT2D eigenvalue weighted by molar-refractivity contribution is -0.137. The zero-order chi connectivity index (χ0) is 21.0. The standard InChI is InChI=1S/C21H20F3NO4/c22-21(23,24)16-2-1-3-18(12-16)29-13-19(27)25-10-8-15(9-11-25)20(28)14-4-6-17(26)7-5-14/h1-7,12,15,26H,8-11,13H2. The maximum atomic E-state index is 12.7. The van der Waals surface area contributed by atoms with Gasteiger partial charge in [0, 0.05) is 24.6 Å². The normalized spacial score (nSPS) is 15.2. The Labute approximate surface area is 165 Å². The van der Waals surface area contributed by atoms with E-state index in [1.807, 2.05) is 0 Å². The fourth-order valence-corrected chi connectivity index (χ4v) is 3.25. The monoisotopic (exact) mass is 407 g/mol. The molecule has 0 atom stereocenters. The Balaban J connectivity index is 1.50. The highest BCUT2D eigenvalue weighted by Crippen LogP contribution is 2.31. The molecule has 0 saturated carbocycles. The number of carbonyl (C=O) groups is 2. The number of hydrogen-bond acceptors (Lipinski definition) is 4. The topological polar surface area (TPSA) is 66.8 Å². The molecule has 1 heterocycles. The van der Waals surface area contributed by atoms with Crippen molar-refractivity contribution in [1.82, 2.24) is 4.90 Å². The highest BCUT2D eigenvalue weighted by molar-refractivity contribution is 5.98. The van der Waals surface area contributed by atoms with Gasteiger partial charge in [-0.25, -0.2) is 0 Å². The van der Waals surface area contributed by atoms with Gasteiger partial charge < -0.3 is 14.7 Å². The van der Waals surface area contributed by atoms with Gasteiger partial charge >= 0.3 is 6.18 Å². The number of amides is 1. The fraction of sp³-hybridized carbons (Fsp3) is 0.333. The van der Waals surface area contributed by atoms with Gasteiger partial charge in [0.1, 0.15) is 11.5 Å². The second-order valence-corrected chi connectivity index (χ2v) is 6.88. The van der Waals surface area contributed by atoms with E-state index in [0.717, 1.165) is 12.1 Å². The molecule has 8 heteroatoms. The van der Waals surface area contributed by atoms with Gasteiger partial charge in [-0.3, -0.25) is 9.59 Å². The van der Waals surface area contributed by atoms with Gasteiger partial charge in [-0.1, -0.05) is 6.07 Å². The van der Waals surface area contributed by atoms with Crippen molar-refractivity contribution in [3.8, 4) is 11.5 Å². The lowest BCUT2D eigenvalue weighted by atomic mass is 9.89. The molecule has 1 aliphatic rings. The molecule has 0 aromatic heterocycles. The molecule has 29 heavy (non-hydrogen) atoms. The third-order valence-corrected chi connectivity index (χ3v) is 4.89. The predicted octanol–water partition coefficient (Wildman–Crippen LogP) is 3.91. The second kappa shape index (κ2) is 8.55. The number of nitrogens with zero attached hydrogens (tertiary/aromatic N) is 1. The number of aromatic hydroxyl groups is 1. The molecule has 3 rings (SSSR count). The van der Waals surface area contributed by atoms with E-state index >= 15 is 0 Å². The first-order valence-corrected chi connectivity index (χ1v) is 9.15. The van der Waals surface area contributed by atoms with Crippen LogP contribution in [0.25, 0.3) is 0 Å². The van der Waals surface area contributed by atoms with E-state index in [4.69, 9.17) is 4.74 Å². The van der Waals surface area contributed by atoms with Crippen molar-refractivity contribution < 1.29 is 32.6 Å². The van der Waals surface area contributed by atoms with Crippen molar-refractivity contribution in [1.29, 1.82) is 0 Å². The van der Waals surface area contributed by atoms with Gasteiger partial charge in [0.2, 0.25) is 0 Å². The number of ether oxygens (including phenoxy) is 1. The van der Waals surface area contributed by atoms with Crippen molar-refractivity contribution in [2.75, 3.05) is 19.7 Å². The van der Waals surface area contributed by atoms with Crippen LogP contribution in [0, 0.1) is 5.92 Å². The third-order valence-electron chi connectivity index (χ3n) is 4.89. The summed E-state index contributed by atoms with van der Waals surface area (Å²) < 4.78 is 43.4. The maximum Gasteiger partial charge on any atom is 0.416 e. The minimum Gasteiger partial charge on any atom is -0.508 e. The molecule has 1 N–H and O–H groups in total. The molecule has 1 aliphatic heterocycles. The summed E-state index contributed by atoms with van der Waals surface area (Å²) >= 11 is 0. The highest BCUT2D eigenvalue weighted by Gasteiger charge is 2.31. The van der Waals surface area contributed by atoms with E-state index in [1.54, 1.807) is 17.0 Å². The number of piperidine rings is 1. The van der Waals surface area contributed by atoms with Crippen LogP contribution in [0.3, 0.4) is 0 Å². The maximum absolute atomic E-state index is 12.7. The average molecular weight is 407 g/mol. The number of alkyl halides is 3. The van der Waals surface area contributed by atoms with Crippen LogP contribution in [-0.2, 0) is 11.0 Å². The molecule has 154 valence electrons. The number of Topliss-reactive ketones (excluding diaryl/α,β-unsaturated/α-hetero) is 1. The van der Waals surface area contributed by atoms with Gasteiger partial charge in [-0.05, 0) is 55.3 Å². The van der Waals surface area contributed by atoms with Gasteiger partial charge in [0.25, 0.3) is 5.91 Å². The van der Waals surface area contributed by atoms with Crippen molar-refractivity contribution >= 4 is 11.7 Å². The van der Waals surface area contributed by atoms with Crippen LogP contribution in [0.5, 0.6) is 11.5 Å². The third kappa shape index (κ3) is 5.28. The van der Waals surface area contributed by atoms with Crippen molar-refractivity contribution in [2.24, 2.45) is 5.92 Å². The first-order valence-electron chi connectivity index (χ1n) is 9.15. The van der Waals surface area contributed by atoms with Crippen LogP contribution in [0.2, 0.25) is 0 Å². The Kier molecular flexibility index (Phi) is 6.10. The number of halogens is 3. The van der Waals surface area contributed by atoms with E-state index < -0.39 is 11.7 Å². The summed E-state index contributed by atoms with van der Waals surface area (Å²) in [4.78, 5) is 26.4. The Hall–Kier alpha value is -3.03. The quantitative estimate of drug-likeness (QED) is 0.764. The lowest BCUT2D eigenvalue weighted by Crippen LogP contribution is -2.42. The summed E-state index contributed by atoms with van der Waals surface area (Å²) in [5.74, 6) is -0.517. The van der Waals surface area contributed by atoms with E-state index in [1.165, 1.54) is 24.3 Å². The number of phenolic OH excluding ortho intramolecular Hbond substituents is 1. The van der Waals surface area contributed by atoms with E-state index in [9.17, 15) is 27.9 Å². The summed E-state index contributed by atoms with van der Waals surface area (Å²) in [6, 6.07) is 10.4. The summed E-state index contributed by atoms with van der Waals surface area (Å²) in [6.07, 6.45) is -3.49. The van der Waals surface area contributed by atoms with E-state index in [-0.39, 0.29) is 35.7 Å². The number of hydrogen-bond donors (Lipinski definition) is 1. The number of likely N-dealkylation sites (tertiary alicyclic amines) is 1.